The quantitative estimate of drug-likeness (QED) is 0.590. The molecule has 0 spiro atoms. The van der Waals surface area contributed by atoms with Gasteiger partial charge in [-0.25, -0.2) is 8.78 Å². The number of methoxy groups -OCH3 is 1. The van der Waals surface area contributed by atoms with Gasteiger partial charge in [0.05, 0.1) is 26.1 Å². The minimum atomic E-state index is -2.88. The molecule has 0 radical (unpaired) electrons. The molecule has 1 heterocycles. The predicted molar refractivity (Wildman–Crippen MR) is 35.9 cm³/mol. The number of halogens is 2. The highest BCUT2D eigenvalue weighted by Gasteiger charge is 2.46. The molecule has 3 nitrogen and oxygen atoms in total. The summed E-state index contributed by atoms with van der Waals surface area (Å²) in [5.74, 6) is -4.52. The van der Waals surface area contributed by atoms with E-state index in [1.807, 2.05) is 0 Å². The minimum Gasteiger partial charge on any atom is -0.469 e. The van der Waals surface area contributed by atoms with E-state index in [0.717, 1.165) is 0 Å². The Kier molecular flexibility index (Phi) is 2.62. The second-order valence-corrected chi connectivity index (χ2v) is 2.75. The Balaban J connectivity index is 2.47. The zero-order chi connectivity index (χ0) is 9.19. The number of ether oxygens (including phenoxy) is 2. The van der Waals surface area contributed by atoms with E-state index in [2.05, 4.69) is 9.47 Å². The van der Waals surface area contributed by atoms with Crippen LogP contribution in [0.3, 0.4) is 0 Å². The van der Waals surface area contributed by atoms with Gasteiger partial charge < -0.3 is 9.47 Å². The highest BCUT2D eigenvalue weighted by atomic mass is 19.3. The molecule has 0 aliphatic carbocycles. The van der Waals surface area contributed by atoms with Crippen molar-refractivity contribution < 1.29 is 23.0 Å². The fourth-order valence-electron chi connectivity index (χ4n) is 1.07. The molecular formula is C7H10F2O3. The Morgan fingerprint density at radius 1 is 1.75 bits per heavy atom. The van der Waals surface area contributed by atoms with E-state index in [0.29, 0.717) is 0 Å². The van der Waals surface area contributed by atoms with Crippen molar-refractivity contribution in [2.45, 2.75) is 12.3 Å². The van der Waals surface area contributed by atoms with Gasteiger partial charge in [0.15, 0.2) is 0 Å². The van der Waals surface area contributed by atoms with Crippen LogP contribution in [0.1, 0.15) is 6.42 Å². The van der Waals surface area contributed by atoms with Crippen molar-refractivity contribution >= 4 is 5.97 Å². The summed E-state index contributed by atoms with van der Waals surface area (Å²) in [6, 6.07) is 0. The van der Waals surface area contributed by atoms with Crippen molar-refractivity contribution in [2.75, 3.05) is 20.3 Å². The van der Waals surface area contributed by atoms with E-state index in [9.17, 15) is 13.6 Å². The van der Waals surface area contributed by atoms with Gasteiger partial charge in [-0.05, 0) is 0 Å². The molecule has 1 rings (SSSR count). The standard InChI is InChI=1S/C7H10F2O3/c1-11-6(10)2-5-3-12-4-7(5,8)9/h5H,2-4H2,1H3. The van der Waals surface area contributed by atoms with Gasteiger partial charge in [-0.3, -0.25) is 4.79 Å². The van der Waals surface area contributed by atoms with Crippen LogP contribution in [0, 0.1) is 5.92 Å². The second-order valence-electron chi connectivity index (χ2n) is 2.75. The van der Waals surface area contributed by atoms with E-state index in [1.165, 1.54) is 7.11 Å². The molecule has 70 valence electrons. The average Bonchev–Trinajstić information content (AvgIpc) is 2.31. The molecule has 12 heavy (non-hydrogen) atoms. The van der Waals surface area contributed by atoms with Crippen molar-refractivity contribution in [3.05, 3.63) is 0 Å². The summed E-state index contributed by atoms with van der Waals surface area (Å²) in [4.78, 5) is 10.6. The van der Waals surface area contributed by atoms with Crippen LogP contribution in [0.25, 0.3) is 0 Å². The Bertz CT molecular complexity index is 181. The molecule has 0 bridgehead atoms. The topological polar surface area (TPSA) is 35.5 Å². The first kappa shape index (κ1) is 9.38. The van der Waals surface area contributed by atoms with Crippen molar-refractivity contribution in [3.8, 4) is 0 Å². The van der Waals surface area contributed by atoms with Crippen LogP contribution in [0.5, 0.6) is 0 Å². The average molecular weight is 180 g/mol. The third-order valence-corrected chi connectivity index (χ3v) is 1.85. The molecule has 1 saturated heterocycles. The fourth-order valence-corrected chi connectivity index (χ4v) is 1.07. The second kappa shape index (κ2) is 3.35. The van der Waals surface area contributed by atoms with E-state index in [-0.39, 0.29) is 13.0 Å². The van der Waals surface area contributed by atoms with Crippen molar-refractivity contribution in [1.29, 1.82) is 0 Å². The van der Waals surface area contributed by atoms with Gasteiger partial charge in [0, 0.05) is 0 Å². The van der Waals surface area contributed by atoms with Crippen molar-refractivity contribution in [2.24, 2.45) is 5.92 Å². The number of hydrogen-bond acceptors (Lipinski definition) is 3. The fraction of sp³-hybridized carbons (Fsp3) is 0.857. The summed E-state index contributed by atoms with van der Waals surface area (Å²) in [6.07, 6.45) is -0.274. The van der Waals surface area contributed by atoms with E-state index in [4.69, 9.17) is 0 Å². The molecule has 1 aliphatic rings. The van der Waals surface area contributed by atoms with Gasteiger partial charge in [0.2, 0.25) is 0 Å². The maximum Gasteiger partial charge on any atom is 0.306 e. The van der Waals surface area contributed by atoms with Crippen molar-refractivity contribution in [1.82, 2.24) is 0 Å². The van der Waals surface area contributed by atoms with Crippen LogP contribution in [0.2, 0.25) is 0 Å². The summed E-state index contributed by atoms with van der Waals surface area (Å²) in [7, 11) is 1.18. The van der Waals surface area contributed by atoms with E-state index >= 15 is 0 Å². The van der Waals surface area contributed by atoms with Gasteiger partial charge in [0.25, 0.3) is 5.92 Å². The predicted octanol–water partition coefficient (Wildman–Crippen LogP) is 0.831. The van der Waals surface area contributed by atoms with Crippen molar-refractivity contribution in [3.63, 3.8) is 0 Å². The van der Waals surface area contributed by atoms with Gasteiger partial charge in [-0.1, -0.05) is 0 Å². The lowest BCUT2D eigenvalue weighted by molar-refractivity contribution is -0.144. The molecule has 1 atom stereocenters. The van der Waals surface area contributed by atoms with Gasteiger partial charge in [0.1, 0.15) is 6.61 Å². The molecule has 1 aliphatic heterocycles. The summed E-state index contributed by atoms with van der Waals surface area (Å²) in [5, 5.41) is 0. The van der Waals surface area contributed by atoms with Crippen LogP contribution < -0.4 is 0 Å². The zero-order valence-corrected chi connectivity index (χ0v) is 6.68. The first-order chi connectivity index (χ1) is 5.56. The lowest BCUT2D eigenvalue weighted by Crippen LogP contribution is -2.28. The lowest BCUT2D eigenvalue weighted by atomic mass is 10.0. The van der Waals surface area contributed by atoms with E-state index in [1.54, 1.807) is 0 Å². The Morgan fingerprint density at radius 3 is 2.83 bits per heavy atom. The number of alkyl halides is 2. The molecule has 0 aromatic heterocycles. The lowest BCUT2D eigenvalue weighted by Gasteiger charge is -2.14. The monoisotopic (exact) mass is 180 g/mol. The number of carbonyl (C=O) groups excluding carboxylic acids is 1. The maximum absolute atomic E-state index is 12.8. The summed E-state index contributed by atoms with van der Waals surface area (Å²) >= 11 is 0. The van der Waals surface area contributed by atoms with Gasteiger partial charge in [-0.2, -0.15) is 0 Å². The molecule has 0 saturated carbocycles. The van der Waals surface area contributed by atoms with E-state index < -0.39 is 24.4 Å². The minimum absolute atomic E-state index is 0.0674. The molecule has 0 N–H and O–H groups in total. The largest absolute Gasteiger partial charge is 0.469 e. The van der Waals surface area contributed by atoms with Crippen LogP contribution >= 0.6 is 0 Å². The van der Waals surface area contributed by atoms with Crippen LogP contribution in [-0.2, 0) is 14.3 Å². The third-order valence-electron chi connectivity index (χ3n) is 1.85. The SMILES string of the molecule is COC(=O)CC1COCC1(F)F. The van der Waals surface area contributed by atoms with Gasteiger partial charge >= 0.3 is 5.97 Å². The highest BCUT2D eigenvalue weighted by Crippen LogP contribution is 2.33. The molecule has 0 aromatic rings. The summed E-state index contributed by atoms with van der Waals surface area (Å²) in [6.45, 7) is -0.656. The maximum atomic E-state index is 12.8. The first-order valence-corrected chi connectivity index (χ1v) is 3.58. The Labute approximate surface area is 68.6 Å². The van der Waals surface area contributed by atoms with Crippen LogP contribution in [0.15, 0.2) is 0 Å². The van der Waals surface area contributed by atoms with Crippen LogP contribution in [-0.4, -0.2) is 32.2 Å². The first-order valence-electron chi connectivity index (χ1n) is 3.58. The third kappa shape index (κ3) is 1.91. The zero-order valence-electron chi connectivity index (χ0n) is 6.68. The summed E-state index contributed by atoms with van der Waals surface area (Å²) in [5.41, 5.74) is 0. The highest BCUT2D eigenvalue weighted by molar-refractivity contribution is 5.69. The Morgan fingerprint density at radius 2 is 2.42 bits per heavy atom. The molecule has 1 fully saturated rings. The molecule has 1 unspecified atom stereocenters. The van der Waals surface area contributed by atoms with Gasteiger partial charge in [-0.15, -0.1) is 0 Å². The number of carbonyl (C=O) groups is 1. The number of hydrogen-bond donors (Lipinski definition) is 0. The number of rotatable bonds is 2. The van der Waals surface area contributed by atoms with Crippen LogP contribution in [0.4, 0.5) is 8.78 Å². The summed E-state index contributed by atoms with van der Waals surface area (Å²) < 4.78 is 34.4. The molecule has 0 aromatic carbocycles. The molecule has 5 heteroatoms. The molecular weight excluding hydrogens is 170 g/mol. The normalized spacial score (nSPS) is 27.1. The molecule has 0 amide bonds. The smallest absolute Gasteiger partial charge is 0.306 e. The Hall–Kier alpha value is -0.710. The number of esters is 1.